The van der Waals surface area contributed by atoms with Gasteiger partial charge in [-0.1, -0.05) is 67.6 Å². The van der Waals surface area contributed by atoms with Gasteiger partial charge in [-0.15, -0.1) is 0 Å². The first kappa shape index (κ1) is 15.6. The summed E-state index contributed by atoms with van der Waals surface area (Å²) in [6.07, 6.45) is 1.90. The van der Waals surface area contributed by atoms with Crippen LogP contribution in [0.25, 0.3) is 0 Å². The summed E-state index contributed by atoms with van der Waals surface area (Å²) in [6, 6.07) is 20.6. The maximum absolute atomic E-state index is 12.6. The van der Waals surface area contributed by atoms with Crippen LogP contribution < -0.4 is 5.32 Å². The molecule has 3 heteroatoms. The second-order valence-corrected chi connectivity index (χ2v) is 6.44. The van der Waals surface area contributed by atoms with Crippen molar-refractivity contribution in [2.24, 2.45) is 5.92 Å². The number of hydrogen-bond donors (Lipinski definition) is 1. The SMILES string of the molecule is CC1CCN(C(=O)NC(Cc2ccccc2)c2ccccc2)C1. The van der Waals surface area contributed by atoms with E-state index < -0.39 is 0 Å². The fourth-order valence-electron chi connectivity index (χ4n) is 3.15. The van der Waals surface area contributed by atoms with Gasteiger partial charge < -0.3 is 10.2 Å². The molecule has 1 fully saturated rings. The highest BCUT2D eigenvalue weighted by molar-refractivity contribution is 5.75. The molecule has 1 aliphatic heterocycles. The molecular weight excluding hydrogens is 284 g/mol. The molecule has 0 aliphatic carbocycles. The molecule has 0 bridgehead atoms. The first-order chi connectivity index (χ1) is 11.2. The van der Waals surface area contributed by atoms with Crippen LogP contribution in [0.2, 0.25) is 0 Å². The number of urea groups is 1. The Balaban J connectivity index is 1.74. The number of amides is 2. The Kier molecular flexibility index (Phi) is 4.96. The van der Waals surface area contributed by atoms with Crippen LogP contribution in [0.1, 0.15) is 30.5 Å². The summed E-state index contributed by atoms with van der Waals surface area (Å²) >= 11 is 0. The van der Waals surface area contributed by atoms with Gasteiger partial charge in [0, 0.05) is 13.1 Å². The van der Waals surface area contributed by atoms with Gasteiger partial charge in [-0.25, -0.2) is 4.79 Å². The molecular formula is C20H24N2O. The Morgan fingerprint density at radius 2 is 1.78 bits per heavy atom. The van der Waals surface area contributed by atoms with Crippen LogP contribution in [0.15, 0.2) is 60.7 Å². The topological polar surface area (TPSA) is 32.3 Å². The number of hydrogen-bond acceptors (Lipinski definition) is 1. The minimum absolute atomic E-state index is 0.00186. The van der Waals surface area contributed by atoms with Crippen molar-refractivity contribution in [3.05, 3.63) is 71.8 Å². The molecule has 3 nitrogen and oxygen atoms in total. The van der Waals surface area contributed by atoms with Crippen LogP contribution in [-0.2, 0) is 6.42 Å². The zero-order valence-corrected chi connectivity index (χ0v) is 13.6. The van der Waals surface area contributed by atoms with E-state index in [2.05, 4.69) is 36.5 Å². The Hall–Kier alpha value is -2.29. The molecule has 120 valence electrons. The summed E-state index contributed by atoms with van der Waals surface area (Å²) in [6.45, 7) is 3.92. The number of nitrogens with zero attached hydrogens (tertiary/aromatic N) is 1. The third-order valence-electron chi connectivity index (χ3n) is 4.49. The molecule has 0 radical (unpaired) electrons. The lowest BCUT2D eigenvalue weighted by atomic mass is 9.99. The number of nitrogens with one attached hydrogen (secondary N) is 1. The maximum Gasteiger partial charge on any atom is 0.317 e. The number of benzene rings is 2. The lowest BCUT2D eigenvalue weighted by Gasteiger charge is -2.24. The fraction of sp³-hybridized carbons (Fsp3) is 0.350. The standard InChI is InChI=1S/C20H24N2O/c1-16-12-13-22(15-16)20(23)21-19(18-10-6-3-7-11-18)14-17-8-4-2-5-9-17/h2-11,16,19H,12-15H2,1H3,(H,21,23). The van der Waals surface area contributed by atoms with E-state index in [0.717, 1.165) is 31.5 Å². The molecule has 2 amide bonds. The van der Waals surface area contributed by atoms with Gasteiger partial charge in [-0.05, 0) is 29.9 Å². The van der Waals surface area contributed by atoms with Crippen molar-refractivity contribution >= 4 is 6.03 Å². The Morgan fingerprint density at radius 3 is 2.39 bits per heavy atom. The lowest BCUT2D eigenvalue weighted by Crippen LogP contribution is -2.41. The highest BCUT2D eigenvalue weighted by Gasteiger charge is 2.25. The van der Waals surface area contributed by atoms with E-state index in [4.69, 9.17) is 0 Å². The maximum atomic E-state index is 12.6. The first-order valence-corrected chi connectivity index (χ1v) is 8.36. The van der Waals surface area contributed by atoms with Gasteiger partial charge in [0.25, 0.3) is 0 Å². The smallest absolute Gasteiger partial charge is 0.317 e. The van der Waals surface area contributed by atoms with Crippen molar-refractivity contribution < 1.29 is 4.79 Å². The molecule has 23 heavy (non-hydrogen) atoms. The number of likely N-dealkylation sites (tertiary alicyclic amines) is 1. The largest absolute Gasteiger partial charge is 0.331 e. The molecule has 3 rings (SSSR count). The zero-order valence-electron chi connectivity index (χ0n) is 13.6. The molecule has 2 aromatic rings. The average Bonchev–Trinajstić information content (AvgIpc) is 3.03. The highest BCUT2D eigenvalue weighted by atomic mass is 16.2. The molecule has 2 unspecified atom stereocenters. The van der Waals surface area contributed by atoms with Gasteiger partial charge in [0.15, 0.2) is 0 Å². The van der Waals surface area contributed by atoms with Crippen molar-refractivity contribution in [1.29, 1.82) is 0 Å². The summed E-state index contributed by atoms with van der Waals surface area (Å²) in [5.74, 6) is 0.602. The molecule has 1 heterocycles. The van der Waals surface area contributed by atoms with Gasteiger partial charge >= 0.3 is 6.03 Å². The fourth-order valence-corrected chi connectivity index (χ4v) is 3.15. The molecule has 0 spiro atoms. The summed E-state index contributed by atoms with van der Waals surface area (Å²) < 4.78 is 0. The number of carbonyl (C=O) groups is 1. The summed E-state index contributed by atoms with van der Waals surface area (Å²) in [7, 11) is 0. The molecule has 2 aromatic carbocycles. The van der Waals surface area contributed by atoms with E-state index in [1.54, 1.807) is 0 Å². The quantitative estimate of drug-likeness (QED) is 0.909. The van der Waals surface area contributed by atoms with Gasteiger partial charge in [-0.2, -0.15) is 0 Å². The normalized spacial score (nSPS) is 18.7. The van der Waals surface area contributed by atoms with E-state index in [1.807, 2.05) is 41.3 Å². The summed E-state index contributed by atoms with van der Waals surface area (Å²) in [5.41, 5.74) is 2.38. The van der Waals surface area contributed by atoms with Crippen LogP contribution in [0.4, 0.5) is 4.79 Å². The summed E-state index contributed by atoms with van der Waals surface area (Å²) in [4.78, 5) is 14.5. The molecule has 1 N–H and O–H groups in total. The van der Waals surface area contributed by atoms with Crippen molar-refractivity contribution in [1.82, 2.24) is 10.2 Å². The van der Waals surface area contributed by atoms with Gasteiger partial charge in [0.05, 0.1) is 6.04 Å². The minimum atomic E-state index is 0.00186. The van der Waals surface area contributed by atoms with Crippen LogP contribution >= 0.6 is 0 Å². The van der Waals surface area contributed by atoms with E-state index in [-0.39, 0.29) is 12.1 Å². The van der Waals surface area contributed by atoms with Crippen LogP contribution in [0, 0.1) is 5.92 Å². The van der Waals surface area contributed by atoms with E-state index in [1.165, 1.54) is 5.56 Å². The number of carbonyl (C=O) groups excluding carboxylic acids is 1. The van der Waals surface area contributed by atoms with Crippen LogP contribution in [0.5, 0.6) is 0 Å². The van der Waals surface area contributed by atoms with Gasteiger partial charge in [0.1, 0.15) is 0 Å². The zero-order chi connectivity index (χ0) is 16.1. The van der Waals surface area contributed by atoms with E-state index in [9.17, 15) is 4.79 Å². The molecule has 2 atom stereocenters. The molecule has 0 saturated carbocycles. The Labute approximate surface area is 138 Å². The summed E-state index contributed by atoms with van der Waals surface area (Å²) in [5, 5.41) is 3.23. The second kappa shape index (κ2) is 7.32. The predicted octanol–water partition coefficient (Wildman–Crippen LogP) is 4.02. The Morgan fingerprint density at radius 1 is 1.13 bits per heavy atom. The number of rotatable bonds is 4. The van der Waals surface area contributed by atoms with Crippen molar-refractivity contribution in [3.8, 4) is 0 Å². The monoisotopic (exact) mass is 308 g/mol. The molecule has 1 saturated heterocycles. The van der Waals surface area contributed by atoms with Gasteiger partial charge in [-0.3, -0.25) is 0 Å². The molecule has 1 aliphatic rings. The minimum Gasteiger partial charge on any atom is -0.331 e. The Bertz CT molecular complexity index is 627. The van der Waals surface area contributed by atoms with Crippen molar-refractivity contribution in [2.45, 2.75) is 25.8 Å². The van der Waals surface area contributed by atoms with E-state index in [0.29, 0.717) is 5.92 Å². The van der Waals surface area contributed by atoms with Crippen LogP contribution in [0.3, 0.4) is 0 Å². The van der Waals surface area contributed by atoms with Crippen molar-refractivity contribution in [3.63, 3.8) is 0 Å². The van der Waals surface area contributed by atoms with Crippen molar-refractivity contribution in [2.75, 3.05) is 13.1 Å². The highest BCUT2D eigenvalue weighted by Crippen LogP contribution is 2.20. The van der Waals surface area contributed by atoms with Crippen LogP contribution in [-0.4, -0.2) is 24.0 Å². The predicted molar refractivity (Wildman–Crippen MR) is 93.2 cm³/mol. The first-order valence-electron chi connectivity index (χ1n) is 8.36. The average molecular weight is 308 g/mol. The third kappa shape index (κ3) is 4.13. The third-order valence-corrected chi connectivity index (χ3v) is 4.49. The molecule has 0 aromatic heterocycles. The second-order valence-electron chi connectivity index (χ2n) is 6.44. The van der Waals surface area contributed by atoms with Gasteiger partial charge in [0.2, 0.25) is 0 Å². The lowest BCUT2D eigenvalue weighted by molar-refractivity contribution is 0.203. The van der Waals surface area contributed by atoms with E-state index >= 15 is 0 Å².